The summed E-state index contributed by atoms with van der Waals surface area (Å²) in [4.78, 5) is -0.665. The van der Waals surface area contributed by atoms with Gasteiger partial charge in [0.1, 0.15) is 4.87 Å². The van der Waals surface area contributed by atoms with E-state index in [1.165, 1.54) is 56.9 Å². The largest absolute Gasteiger partial charge is 0.119 e. The van der Waals surface area contributed by atoms with Gasteiger partial charge in [0, 0.05) is 0 Å². The molecule has 1 aliphatic rings. The van der Waals surface area contributed by atoms with Crippen LogP contribution >= 0.6 is 11.6 Å². The molecule has 0 saturated heterocycles. The third-order valence-corrected chi connectivity index (χ3v) is 7.10. The Balaban J connectivity index is 1.61. The van der Waals surface area contributed by atoms with E-state index in [1.807, 2.05) is 12.1 Å². The van der Waals surface area contributed by atoms with Crippen LogP contribution in [0.1, 0.15) is 67.2 Å². The quantitative estimate of drug-likeness (QED) is 0.298. The minimum absolute atomic E-state index is 0.665. The van der Waals surface area contributed by atoms with Gasteiger partial charge in [0.15, 0.2) is 0 Å². The first-order chi connectivity index (χ1) is 14.3. The first-order valence-electron chi connectivity index (χ1n) is 11.2. The molecule has 0 unspecified atom stereocenters. The van der Waals surface area contributed by atoms with Crippen LogP contribution < -0.4 is 0 Å². The molecular formula is C28H31Cl. The normalized spacial score (nSPS) is 16.2. The minimum atomic E-state index is -0.665. The summed E-state index contributed by atoms with van der Waals surface area (Å²) in [7, 11) is 0. The number of benzene rings is 3. The fourth-order valence-electron chi connectivity index (χ4n) is 4.78. The minimum Gasteiger partial charge on any atom is -0.104 e. The zero-order chi connectivity index (χ0) is 19.9. The third-order valence-electron chi connectivity index (χ3n) is 6.44. The van der Waals surface area contributed by atoms with Gasteiger partial charge >= 0.3 is 0 Å². The average Bonchev–Trinajstić information content (AvgIpc) is 2.77. The van der Waals surface area contributed by atoms with Crippen molar-refractivity contribution in [1.82, 2.24) is 0 Å². The Kier molecular flexibility index (Phi) is 6.72. The molecule has 4 rings (SSSR count). The Morgan fingerprint density at radius 3 is 1.55 bits per heavy atom. The SMILES string of the molecule is ClC(c1ccccc1)(c1ccccc1)c1ccc(CC2CCCCCCC2)cc1. The van der Waals surface area contributed by atoms with Crippen LogP contribution in [0.4, 0.5) is 0 Å². The highest BCUT2D eigenvalue weighted by Crippen LogP contribution is 2.43. The summed E-state index contributed by atoms with van der Waals surface area (Å²) < 4.78 is 0. The molecule has 0 amide bonds. The van der Waals surface area contributed by atoms with Gasteiger partial charge in [-0.1, -0.05) is 130 Å². The van der Waals surface area contributed by atoms with Gasteiger partial charge in [-0.2, -0.15) is 0 Å². The standard InChI is InChI=1S/C28H31Cl/c29-28(25-14-8-4-9-15-25,26-16-10-5-11-17-26)27-20-18-24(19-21-27)22-23-12-6-2-1-3-7-13-23/h4-5,8-11,14-21,23H,1-3,6-7,12-13,22H2. The van der Waals surface area contributed by atoms with E-state index < -0.39 is 4.87 Å². The van der Waals surface area contributed by atoms with Gasteiger partial charge in [-0.25, -0.2) is 0 Å². The van der Waals surface area contributed by atoms with Gasteiger partial charge in [-0.05, 0) is 34.6 Å². The van der Waals surface area contributed by atoms with Crippen molar-refractivity contribution in [2.24, 2.45) is 5.92 Å². The van der Waals surface area contributed by atoms with E-state index in [1.54, 1.807) is 0 Å². The molecule has 0 aromatic heterocycles. The van der Waals surface area contributed by atoms with Gasteiger partial charge < -0.3 is 0 Å². The zero-order valence-electron chi connectivity index (χ0n) is 17.2. The van der Waals surface area contributed by atoms with E-state index in [2.05, 4.69) is 72.8 Å². The van der Waals surface area contributed by atoms with Gasteiger partial charge in [0.05, 0.1) is 0 Å². The summed E-state index contributed by atoms with van der Waals surface area (Å²) in [5.74, 6) is 0.838. The van der Waals surface area contributed by atoms with Crippen molar-refractivity contribution in [2.45, 2.75) is 56.2 Å². The van der Waals surface area contributed by atoms with E-state index in [0.29, 0.717) is 0 Å². The maximum absolute atomic E-state index is 7.40. The zero-order valence-corrected chi connectivity index (χ0v) is 18.0. The van der Waals surface area contributed by atoms with Crippen molar-refractivity contribution in [1.29, 1.82) is 0 Å². The lowest BCUT2D eigenvalue weighted by Gasteiger charge is -2.29. The van der Waals surface area contributed by atoms with Crippen LogP contribution in [0.15, 0.2) is 84.9 Å². The second-order valence-corrected chi connectivity index (χ2v) is 9.07. The van der Waals surface area contributed by atoms with Crippen LogP contribution in [0.25, 0.3) is 0 Å². The molecule has 0 heterocycles. The third kappa shape index (κ3) is 4.75. The molecule has 0 bridgehead atoms. The van der Waals surface area contributed by atoms with E-state index in [9.17, 15) is 0 Å². The van der Waals surface area contributed by atoms with Gasteiger partial charge in [-0.3, -0.25) is 0 Å². The van der Waals surface area contributed by atoms with Crippen LogP contribution in [-0.2, 0) is 11.3 Å². The molecule has 1 heteroatoms. The van der Waals surface area contributed by atoms with E-state index in [-0.39, 0.29) is 0 Å². The molecule has 0 atom stereocenters. The molecule has 0 aliphatic heterocycles. The monoisotopic (exact) mass is 402 g/mol. The molecule has 3 aromatic carbocycles. The molecule has 0 N–H and O–H groups in total. The summed E-state index contributed by atoms with van der Waals surface area (Å²) >= 11 is 7.40. The van der Waals surface area contributed by atoms with Crippen LogP contribution in [0, 0.1) is 5.92 Å². The molecule has 1 saturated carbocycles. The summed E-state index contributed by atoms with van der Waals surface area (Å²) in [6.45, 7) is 0. The molecule has 29 heavy (non-hydrogen) atoms. The summed E-state index contributed by atoms with van der Waals surface area (Å²) in [5, 5.41) is 0. The Bertz CT molecular complexity index is 820. The van der Waals surface area contributed by atoms with Crippen LogP contribution in [0.2, 0.25) is 0 Å². The van der Waals surface area contributed by atoms with Crippen molar-refractivity contribution in [2.75, 3.05) is 0 Å². The summed E-state index contributed by atoms with van der Waals surface area (Å²) in [6.07, 6.45) is 11.0. The highest BCUT2D eigenvalue weighted by atomic mass is 35.5. The van der Waals surface area contributed by atoms with E-state index in [0.717, 1.165) is 22.6 Å². The molecule has 1 aliphatic carbocycles. The first-order valence-corrected chi connectivity index (χ1v) is 11.5. The van der Waals surface area contributed by atoms with Crippen molar-refractivity contribution in [3.05, 3.63) is 107 Å². The molecule has 0 radical (unpaired) electrons. The van der Waals surface area contributed by atoms with Gasteiger partial charge in [0.25, 0.3) is 0 Å². The fraction of sp³-hybridized carbons (Fsp3) is 0.357. The van der Waals surface area contributed by atoms with Gasteiger partial charge in [0.2, 0.25) is 0 Å². The predicted molar refractivity (Wildman–Crippen MR) is 125 cm³/mol. The van der Waals surface area contributed by atoms with Crippen LogP contribution in [0.5, 0.6) is 0 Å². The lowest BCUT2D eigenvalue weighted by molar-refractivity contribution is 0.376. The molecule has 150 valence electrons. The lowest BCUT2D eigenvalue weighted by Crippen LogP contribution is -2.22. The Labute approximate surface area is 180 Å². The summed E-state index contributed by atoms with van der Waals surface area (Å²) in [5.41, 5.74) is 4.80. The summed E-state index contributed by atoms with van der Waals surface area (Å²) in [6, 6.07) is 30.0. The molecular weight excluding hydrogens is 372 g/mol. The van der Waals surface area contributed by atoms with Crippen LogP contribution in [0.3, 0.4) is 0 Å². The maximum atomic E-state index is 7.40. The van der Waals surface area contributed by atoms with Crippen molar-refractivity contribution in [3.8, 4) is 0 Å². The Morgan fingerprint density at radius 1 is 0.586 bits per heavy atom. The predicted octanol–water partition coefficient (Wildman–Crippen LogP) is 8.12. The number of hydrogen-bond donors (Lipinski definition) is 0. The van der Waals surface area contributed by atoms with Crippen LogP contribution in [-0.4, -0.2) is 0 Å². The second kappa shape index (κ2) is 9.63. The topological polar surface area (TPSA) is 0 Å². The Hall–Kier alpha value is -2.05. The van der Waals surface area contributed by atoms with Crippen molar-refractivity contribution < 1.29 is 0 Å². The van der Waals surface area contributed by atoms with E-state index >= 15 is 0 Å². The average molecular weight is 403 g/mol. The highest BCUT2D eigenvalue weighted by molar-refractivity contribution is 6.28. The van der Waals surface area contributed by atoms with E-state index in [4.69, 9.17) is 11.6 Å². The smallest absolute Gasteiger partial charge is 0.104 e. The maximum Gasteiger partial charge on any atom is 0.119 e. The first kappa shape index (κ1) is 20.2. The molecule has 0 nitrogen and oxygen atoms in total. The number of hydrogen-bond acceptors (Lipinski definition) is 0. The lowest BCUT2D eigenvalue weighted by atomic mass is 9.82. The highest BCUT2D eigenvalue weighted by Gasteiger charge is 2.33. The van der Waals surface area contributed by atoms with Gasteiger partial charge in [-0.15, -0.1) is 11.6 Å². The number of rotatable bonds is 5. The fourth-order valence-corrected chi connectivity index (χ4v) is 5.16. The number of halogens is 1. The second-order valence-electron chi connectivity index (χ2n) is 8.50. The number of alkyl halides is 1. The molecule has 3 aromatic rings. The molecule has 1 fully saturated rings. The van der Waals surface area contributed by atoms with Crippen molar-refractivity contribution >= 4 is 11.6 Å². The Morgan fingerprint density at radius 2 is 1.03 bits per heavy atom. The van der Waals surface area contributed by atoms with Crippen molar-refractivity contribution in [3.63, 3.8) is 0 Å². The molecule has 0 spiro atoms.